The molecule has 1 fully saturated rings. The summed E-state index contributed by atoms with van der Waals surface area (Å²) in [6.07, 6.45) is 4.98. The number of aryl methyl sites for hydroxylation is 1. The van der Waals surface area contributed by atoms with E-state index in [4.69, 9.17) is 4.74 Å². The van der Waals surface area contributed by atoms with Gasteiger partial charge in [0.25, 0.3) is 0 Å². The molecule has 0 saturated heterocycles. The predicted molar refractivity (Wildman–Crippen MR) is 73.1 cm³/mol. The Labute approximate surface area is 109 Å². The number of anilines is 1. The highest BCUT2D eigenvalue weighted by molar-refractivity contribution is 5.48. The highest BCUT2D eigenvalue weighted by atomic mass is 16.5. The smallest absolute Gasteiger partial charge is 0.221 e. The number of nitrogens with zero attached hydrogens (tertiary/aromatic N) is 2. The van der Waals surface area contributed by atoms with Gasteiger partial charge in [-0.05, 0) is 32.6 Å². The van der Waals surface area contributed by atoms with Crippen molar-refractivity contribution in [3.8, 4) is 5.88 Å². The Morgan fingerprint density at radius 2 is 2.06 bits per heavy atom. The lowest BCUT2D eigenvalue weighted by Crippen LogP contribution is -2.09. The highest BCUT2D eigenvalue weighted by Gasteiger charge is 2.21. The average Bonchev–Trinajstić information content (AvgIpc) is 3.15. The summed E-state index contributed by atoms with van der Waals surface area (Å²) in [5.74, 6) is 3.30. The zero-order valence-corrected chi connectivity index (χ0v) is 11.6. The normalized spacial score (nSPS) is 14.6. The fraction of sp³-hybridized carbons (Fsp3) is 0.714. The van der Waals surface area contributed by atoms with Crippen molar-refractivity contribution in [3.63, 3.8) is 0 Å². The van der Waals surface area contributed by atoms with Crippen LogP contribution in [-0.4, -0.2) is 23.1 Å². The summed E-state index contributed by atoms with van der Waals surface area (Å²) in [6.45, 7) is 7.77. The van der Waals surface area contributed by atoms with Gasteiger partial charge >= 0.3 is 0 Å². The second kappa shape index (κ2) is 6.03. The molecule has 0 amide bonds. The Kier molecular flexibility index (Phi) is 4.39. The number of hydrogen-bond acceptors (Lipinski definition) is 4. The van der Waals surface area contributed by atoms with Gasteiger partial charge in [-0.25, -0.2) is 4.98 Å². The van der Waals surface area contributed by atoms with E-state index in [1.807, 2.05) is 13.8 Å². The van der Waals surface area contributed by atoms with Gasteiger partial charge in [-0.15, -0.1) is 0 Å². The van der Waals surface area contributed by atoms with Crippen molar-refractivity contribution >= 4 is 5.82 Å². The number of rotatable bonds is 7. The van der Waals surface area contributed by atoms with E-state index in [9.17, 15) is 0 Å². The van der Waals surface area contributed by atoms with E-state index in [2.05, 4.69) is 22.2 Å². The van der Waals surface area contributed by atoms with E-state index in [0.717, 1.165) is 55.0 Å². The SMILES string of the molecule is CCCNc1nc(C)nc(OCCC2CC2)c1C. The van der Waals surface area contributed by atoms with E-state index in [-0.39, 0.29) is 0 Å². The molecule has 100 valence electrons. The molecule has 18 heavy (non-hydrogen) atoms. The maximum atomic E-state index is 5.80. The molecule has 1 N–H and O–H groups in total. The van der Waals surface area contributed by atoms with Crippen molar-refractivity contribution in [2.24, 2.45) is 5.92 Å². The first-order valence-electron chi connectivity index (χ1n) is 6.92. The van der Waals surface area contributed by atoms with Gasteiger partial charge in [-0.3, -0.25) is 0 Å². The van der Waals surface area contributed by atoms with Crippen molar-refractivity contribution in [2.75, 3.05) is 18.5 Å². The number of aromatic nitrogens is 2. The Morgan fingerprint density at radius 3 is 2.72 bits per heavy atom. The number of nitrogens with one attached hydrogen (secondary N) is 1. The molecule has 4 heteroatoms. The third-order valence-electron chi connectivity index (χ3n) is 3.22. The first-order valence-corrected chi connectivity index (χ1v) is 6.92. The van der Waals surface area contributed by atoms with Crippen LogP contribution in [0, 0.1) is 19.8 Å². The van der Waals surface area contributed by atoms with Gasteiger partial charge in [-0.1, -0.05) is 19.8 Å². The lowest BCUT2D eigenvalue weighted by atomic mass is 10.3. The Morgan fingerprint density at radius 1 is 1.28 bits per heavy atom. The number of hydrogen-bond donors (Lipinski definition) is 1. The zero-order chi connectivity index (χ0) is 13.0. The Hall–Kier alpha value is -1.32. The first-order chi connectivity index (χ1) is 8.70. The largest absolute Gasteiger partial charge is 0.477 e. The lowest BCUT2D eigenvalue weighted by Gasteiger charge is -2.13. The quantitative estimate of drug-likeness (QED) is 0.806. The van der Waals surface area contributed by atoms with Gasteiger partial charge in [0.1, 0.15) is 11.6 Å². The molecule has 1 aromatic rings. The molecule has 2 rings (SSSR count). The van der Waals surface area contributed by atoms with E-state index in [1.54, 1.807) is 0 Å². The van der Waals surface area contributed by atoms with Crippen LogP contribution in [0.25, 0.3) is 0 Å². The monoisotopic (exact) mass is 249 g/mol. The summed E-state index contributed by atoms with van der Waals surface area (Å²) in [4.78, 5) is 8.81. The standard InChI is InChI=1S/C14H23N3O/c1-4-8-15-13-10(2)14(17-11(3)16-13)18-9-7-12-5-6-12/h12H,4-9H2,1-3H3,(H,15,16,17). The Balaban J connectivity index is 1.99. The molecular formula is C14H23N3O. The third kappa shape index (κ3) is 3.59. The molecule has 0 atom stereocenters. The van der Waals surface area contributed by atoms with Crippen molar-refractivity contribution < 1.29 is 4.74 Å². The Bertz CT molecular complexity index is 402. The van der Waals surface area contributed by atoms with Gasteiger partial charge in [0.15, 0.2) is 0 Å². The molecule has 0 aromatic carbocycles. The minimum atomic E-state index is 0.738. The first kappa shape index (κ1) is 13.1. The van der Waals surface area contributed by atoms with Gasteiger partial charge < -0.3 is 10.1 Å². The van der Waals surface area contributed by atoms with Crippen molar-refractivity contribution in [3.05, 3.63) is 11.4 Å². The van der Waals surface area contributed by atoms with Gasteiger partial charge in [0.2, 0.25) is 5.88 Å². The molecule has 0 aliphatic heterocycles. The molecule has 0 bridgehead atoms. The van der Waals surface area contributed by atoms with Crippen molar-refractivity contribution in [1.29, 1.82) is 0 Å². The van der Waals surface area contributed by atoms with E-state index in [1.165, 1.54) is 12.8 Å². The van der Waals surface area contributed by atoms with Crippen molar-refractivity contribution in [2.45, 2.75) is 46.5 Å². The topological polar surface area (TPSA) is 47.0 Å². The van der Waals surface area contributed by atoms with Crippen LogP contribution in [-0.2, 0) is 0 Å². The van der Waals surface area contributed by atoms with Crippen LogP contribution in [0.15, 0.2) is 0 Å². The van der Waals surface area contributed by atoms with Gasteiger partial charge in [-0.2, -0.15) is 4.98 Å². The predicted octanol–water partition coefficient (Wildman–Crippen LogP) is 3.09. The van der Waals surface area contributed by atoms with Gasteiger partial charge in [0, 0.05) is 6.54 Å². The lowest BCUT2D eigenvalue weighted by molar-refractivity contribution is 0.288. The molecule has 0 unspecified atom stereocenters. The van der Waals surface area contributed by atoms with Crippen LogP contribution >= 0.6 is 0 Å². The minimum Gasteiger partial charge on any atom is -0.477 e. The molecule has 4 nitrogen and oxygen atoms in total. The van der Waals surface area contributed by atoms with E-state index >= 15 is 0 Å². The van der Waals surface area contributed by atoms with Crippen LogP contribution < -0.4 is 10.1 Å². The highest BCUT2D eigenvalue weighted by Crippen LogP contribution is 2.32. The second-order valence-corrected chi connectivity index (χ2v) is 5.06. The molecular weight excluding hydrogens is 226 g/mol. The van der Waals surface area contributed by atoms with Gasteiger partial charge in [0.05, 0.1) is 12.2 Å². The summed E-state index contributed by atoms with van der Waals surface area (Å²) < 4.78 is 5.80. The molecule has 0 spiro atoms. The third-order valence-corrected chi connectivity index (χ3v) is 3.22. The summed E-state index contributed by atoms with van der Waals surface area (Å²) in [7, 11) is 0. The van der Waals surface area contributed by atoms with Crippen LogP contribution in [0.4, 0.5) is 5.82 Å². The molecule has 0 radical (unpaired) electrons. The fourth-order valence-electron chi connectivity index (χ4n) is 1.89. The van der Waals surface area contributed by atoms with Crippen molar-refractivity contribution in [1.82, 2.24) is 9.97 Å². The molecule has 1 aromatic heterocycles. The maximum Gasteiger partial charge on any atom is 0.221 e. The summed E-state index contributed by atoms with van der Waals surface area (Å²) >= 11 is 0. The second-order valence-electron chi connectivity index (χ2n) is 5.06. The van der Waals surface area contributed by atoms with E-state index in [0.29, 0.717) is 0 Å². The molecule has 1 saturated carbocycles. The number of ether oxygens (including phenoxy) is 1. The summed E-state index contributed by atoms with van der Waals surface area (Å²) in [5.41, 5.74) is 1.02. The summed E-state index contributed by atoms with van der Waals surface area (Å²) in [6, 6.07) is 0. The minimum absolute atomic E-state index is 0.738. The average molecular weight is 249 g/mol. The molecule has 1 heterocycles. The fourth-order valence-corrected chi connectivity index (χ4v) is 1.89. The molecule has 1 aliphatic carbocycles. The van der Waals surface area contributed by atoms with E-state index < -0.39 is 0 Å². The zero-order valence-electron chi connectivity index (χ0n) is 11.6. The van der Waals surface area contributed by atoms with Crippen LogP contribution in [0.5, 0.6) is 5.88 Å². The van der Waals surface area contributed by atoms with Crippen LogP contribution in [0.2, 0.25) is 0 Å². The summed E-state index contributed by atoms with van der Waals surface area (Å²) in [5, 5.41) is 3.32. The maximum absolute atomic E-state index is 5.80. The molecule has 1 aliphatic rings. The van der Waals surface area contributed by atoms with Crippen LogP contribution in [0.3, 0.4) is 0 Å². The van der Waals surface area contributed by atoms with Crippen LogP contribution in [0.1, 0.15) is 44.0 Å².